The van der Waals surface area contributed by atoms with Crippen LogP contribution in [0.15, 0.2) is 35.7 Å². The minimum Gasteiger partial charge on any atom is -0.371 e. The van der Waals surface area contributed by atoms with Crippen LogP contribution in [0.4, 0.5) is 11.4 Å². The minimum absolute atomic E-state index is 0.0442. The number of nitro groups is 1. The highest BCUT2D eigenvalue weighted by molar-refractivity contribution is 7.12. The number of anilines is 1. The van der Waals surface area contributed by atoms with Crippen molar-refractivity contribution >= 4 is 34.5 Å². The minimum atomic E-state index is -0.487. The van der Waals surface area contributed by atoms with Crippen molar-refractivity contribution in [1.29, 1.82) is 0 Å². The van der Waals surface area contributed by atoms with Crippen LogP contribution in [0.5, 0.6) is 0 Å². The van der Waals surface area contributed by atoms with Crippen molar-refractivity contribution in [2.45, 2.75) is 31.7 Å². The first-order valence-electron chi connectivity index (χ1n) is 10.2. The second-order valence-corrected chi connectivity index (χ2v) is 8.62. The lowest BCUT2D eigenvalue weighted by molar-refractivity contribution is -0.385. The summed E-state index contributed by atoms with van der Waals surface area (Å²) in [6, 6.07) is 8.57. The zero-order valence-corrected chi connectivity index (χ0v) is 17.4. The maximum atomic E-state index is 12.8. The molecule has 2 aliphatic rings. The lowest BCUT2D eigenvalue weighted by Crippen LogP contribution is -2.44. The van der Waals surface area contributed by atoms with Gasteiger partial charge in [-0.25, -0.2) is 0 Å². The predicted molar refractivity (Wildman–Crippen MR) is 115 cm³/mol. The molecule has 1 N–H and O–H groups in total. The van der Waals surface area contributed by atoms with Crippen molar-refractivity contribution in [2.24, 2.45) is 0 Å². The Morgan fingerprint density at radius 2 is 1.83 bits per heavy atom. The van der Waals surface area contributed by atoms with Gasteiger partial charge in [-0.15, -0.1) is 11.3 Å². The van der Waals surface area contributed by atoms with Gasteiger partial charge in [0, 0.05) is 44.0 Å². The van der Waals surface area contributed by atoms with Crippen LogP contribution in [0.3, 0.4) is 0 Å². The molecule has 30 heavy (non-hydrogen) atoms. The Labute approximate surface area is 178 Å². The van der Waals surface area contributed by atoms with Crippen LogP contribution in [0.2, 0.25) is 0 Å². The van der Waals surface area contributed by atoms with Crippen LogP contribution >= 0.6 is 11.3 Å². The molecular formula is C21H24N4O4S. The third-order valence-corrected chi connectivity index (χ3v) is 6.61. The summed E-state index contributed by atoms with van der Waals surface area (Å²) in [6.07, 6.45) is 3.43. The van der Waals surface area contributed by atoms with Gasteiger partial charge in [0.05, 0.1) is 9.80 Å². The highest BCUT2D eigenvalue weighted by Gasteiger charge is 2.29. The fraction of sp³-hybridized carbons (Fsp3) is 0.429. The van der Waals surface area contributed by atoms with Crippen molar-refractivity contribution < 1.29 is 14.5 Å². The first-order chi connectivity index (χ1) is 14.5. The molecule has 0 saturated carbocycles. The van der Waals surface area contributed by atoms with Gasteiger partial charge in [0.2, 0.25) is 0 Å². The van der Waals surface area contributed by atoms with Gasteiger partial charge in [-0.05, 0) is 49.3 Å². The number of carbonyl (C=O) groups excluding carboxylic acids is 2. The Morgan fingerprint density at radius 3 is 2.47 bits per heavy atom. The molecule has 3 heterocycles. The molecule has 0 aliphatic carbocycles. The largest absolute Gasteiger partial charge is 0.371 e. The molecule has 2 amide bonds. The highest BCUT2D eigenvalue weighted by atomic mass is 32.1. The molecule has 2 saturated heterocycles. The number of carbonyl (C=O) groups is 2. The maximum Gasteiger partial charge on any atom is 0.282 e. The molecule has 0 spiro atoms. The van der Waals surface area contributed by atoms with E-state index in [0.717, 1.165) is 31.4 Å². The third-order valence-electron chi connectivity index (χ3n) is 5.74. The molecule has 0 radical (unpaired) electrons. The lowest BCUT2D eigenvalue weighted by atomic mass is 10.0. The number of hydrogen-bond acceptors (Lipinski definition) is 6. The van der Waals surface area contributed by atoms with Crippen molar-refractivity contribution in [2.75, 3.05) is 31.1 Å². The van der Waals surface area contributed by atoms with Crippen LogP contribution in [0.1, 0.15) is 45.7 Å². The fourth-order valence-corrected chi connectivity index (χ4v) is 4.71. The molecule has 2 aromatic rings. The number of piperidine rings is 1. The first kappa shape index (κ1) is 20.3. The molecule has 4 rings (SSSR count). The lowest BCUT2D eigenvalue weighted by Gasteiger charge is -2.34. The Bertz CT molecular complexity index is 932. The van der Waals surface area contributed by atoms with Gasteiger partial charge in [-0.1, -0.05) is 6.07 Å². The number of thiophene rings is 1. The van der Waals surface area contributed by atoms with Gasteiger partial charge >= 0.3 is 0 Å². The summed E-state index contributed by atoms with van der Waals surface area (Å²) >= 11 is 1.42. The summed E-state index contributed by atoms with van der Waals surface area (Å²) in [7, 11) is 0. The number of nitrogens with zero attached hydrogens (tertiary/aromatic N) is 3. The quantitative estimate of drug-likeness (QED) is 0.582. The molecule has 0 atom stereocenters. The molecule has 0 bridgehead atoms. The van der Waals surface area contributed by atoms with Crippen LogP contribution in [-0.2, 0) is 0 Å². The van der Waals surface area contributed by atoms with Gasteiger partial charge in [0.15, 0.2) is 0 Å². The van der Waals surface area contributed by atoms with E-state index in [1.165, 1.54) is 17.4 Å². The van der Waals surface area contributed by atoms with E-state index in [4.69, 9.17) is 0 Å². The number of rotatable bonds is 5. The first-order valence-corrected chi connectivity index (χ1v) is 11.1. The maximum absolute atomic E-state index is 12.8. The van der Waals surface area contributed by atoms with E-state index in [-0.39, 0.29) is 29.1 Å². The molecule has 0 unspecified atom stereocenters. The van der Waals surface area contributed by atoms with Crippen LogP contribution in [0.25, 0.3) is 0 Å². The SMILES string of the molecule is O=C(NC1CCN(c2ccc([N+](=O)[O-])c(C(=O)N3CCCC3)c2)CC1)c1cccs1. The Kier molecular flexibility index (Phi) is 5.98. The second-order valence-electron chi connectivity index (χ2n) is 7.67. The van der Waals surface area contributed by atoms with Crippen LogP contribution in [-0.4, -0.2) is 53.9 Å². The summed E-state index contributed by atoms with van der Waals surface area (Å²) in [4.78, 5) is 40.6. The number of nitro benzene ring substituents is 1. The van der Waals surface area contributed by atoms with E-state index >= 15 is 0 Å². The van der Waals surface area contributed by atoms with Gasteiger partial charge in [-0.2, -0.15) is 0 Å². The van der Waals surface area contributed by atoms with Crippen molar-refractivity contribution in [1.82, 2.24) is 10.2 Å². The molecule has 158 valence electrons. The molecule has 8 nitrogen and oxygen atoms in total. The zero-order valence-electron chi connectivity index (χ0n) is 16.6. The summed E-state index contributed by atoms with van der Waals surface area (Å²) in [5.74, 6) is -0.309. The molecule has 2 fully saturated rings. The number of benzene rings is 1. The van der Waals surface area contributed by atoms with Gasteiger partial charge in [0.25, 0.3) is 17.5 Å². The van der Waals surface area contributed by atoms with Crippen LogP contribution < -0.4 is 10.2 Å². The molecule has 2 aliphatic heterocycles. The molecule has 9 heteroatoms. The standard InChI is InChI=1S/C21H24N4O4S/c26-20(19-4-3-13-30-19)22-15-7-11-23(12-8-15)16-5-6-18(25(28)29)17(14-16)21(27)24-9-1-2-10-24/h3-6,13-15H,1-2,7-12H2,(H,22,26). The highest BCUT2D eigenvalue weighted by Crippen LogP contribution is 2.29. The van der Waals surface area contributed by atoms with Gasteiger partial charge < -0.3 is 15.1 Å². The summed E-state index contributed by atoms with van der Waals surface area (Å²) < 4.78 is 0. The Hall–Kier alpha value is -2.94. The van der Waals surface area contributed by atoms with Crippen molar-refractivity contribution in [3.05, 3.63) is 56.3 Å². The van der Waals surface area contributed by atoms with Gasteiger partial charge in [0.1, 0.15) is 5.56 Å². The second kappa shape index (κ2) is 8.83. The third kappa shape index (κ3) is 4.30. The number of hydrogen-bond donors (Lipinski definition) is 1. The van der Waals surface area contributed by atoms with Crippen molar-refractivity contribution in [3.8, 4) is 0 Å². The van der Waals surface area contributed by atoms with E-state index in [9.17, 15) is 19.7 Å². The van der Waals surface area contributed by atoms with Crippen LogP contribution in [0, 0.1) is 10.1 Å². The van der Waals surface area contributed by atoms with E-state index < -0.39 is 4.92 Å². The number of amides is 2. The summed E-state index contributed by atoms with van der Waals surface area (Å²) in [5, 5.41) is 16.4. The normalized spacial score (nSPS) is 17.2. The topological polar surface area (TPSA) is 95.8 Å². The average Bonchev–Trinajstić information content (AvgIpc) is 3.47. The average molecular weight is 429 g/mol. The monoisotopic (exact) mass is 428 g/mol. The predicted octanol–water partition coefficient (Wildman–Crippen LogP) is 3.29. The molecular weight excluding hydrogens is 404 g/mol. The van der Waals surface area contributed by atoms with E-state index in [1.54, 1.807) is 17.0 Å². The van der Waals surface area contributed by atoms with Crippen molar-refractivity contribution in [3.63, 3.8) is 0 Å². The number of likely N-dealkylation sites (tertiary alicyclic amines) is 1. The van der Waals surface area contributed by atoms with E-state index in [2.05, 4.69) is 10.2 Å². The Balaban J connectivity index is 1.44. The number of nitrogens with one attached hydrogen (secondary N) is 1. The van der Waals surface area contributed by atoms with E-state index in [1.807, 2.05) is 17.5 Å². The smallest absolute Gasteiger partial charge is 0.282 e. The summed E-state index contributed by atoms with van der Waals surface area (Å²) in [6.45, 7) is 2.72. The zero-order chi connectivity index (χ0) is 21.1. The molecule has 1 aromatic heterocycles. The van der Waals surface area contributed by atoms with Gasteiger partial charge in [-0.3, -0.25) is 19.7 Å². The fourth-order valence-electron chi connectivity index (χ4n) is 4.09. The summed E-state index contributed by atoms with van der Waals surface area (Å²) in [5.41, 5.74) is 0.826. The Morgan fingerprint density at radius 1 is 1.10 bits per heavy atom. The van der Waals surface area contributed by atoms with E-state index in [0.29, 0.717) is 31.1 Å². The molecule has 1 aromatic carbocycles.